The van der Waals surface area contributed by atoms with Crippen LogP contribution in [0.2, 0.25) is 0 Å². The third-order valence-corrected chi connectivity index (χ3v) is 5.43. The van der Waals surface area contributed by atoms with Gasteiger partial charge in [0.1, 0.15) is 0 Å². The SMILES string of the molecule is CC(C)N1C(=O)C(O)(CC(=O)c2ccc(-c3ccccc3)cc2)c2ccccc21. The second kappa shape index (κ2) is 7.30. The highest BCUT2D eigenvalue weighted by atomic mass is 16.3. The van der Waals surface area contributed by atoms with Gasteiger partial charge in [-0.2, -0.15) is 0 Å². The monoisotopic (exact) mass is 385 g/mol. The van der Waals surface area contributed by atoms with Crippen molar-refractivity contribution in [1.29, 1.82) is 0 Å². The fraction of sp³-hybridized carbons (Fsp3) is 0.200. The number of amides is 1. The lowest BCUT2D eigenvalue weighted by molar-refractivity contribution is -0.136. The molecule has 0 saturated carbocycles. The molecular weight excluding hydrogens is 362 g/mol. The van der Waals surface area contributed by atoms with Crippen molar-refractivity contribution in [2.75, 3.05) is 4.90 Å². The van der Waals surface area contributed by atoms with Crippen molar-refractivity contribution in [1.82, 2.24) is 0 Å². The van der Waals surface area contributed by atoms with Crippen molar-refractivity contribution in [3.63, 3.8) is 0 Å². The van der Waals surface area contributed by atoms with Crippen LogP contribution in [-0.4, -0.2) is 22.8 Å². The first kappa shape index (κ1) is 19.1. The summed E-state index contributed by atoms with van der Waals surface area (Å²) < 4.78 is 0. The lowest BCUT2D eigenvalue weighted by Gasteiger charge is -2.25. The van der Waals surface area contributed by atoms with E-state index in [-0.39, 0.29) is 18.2 Å². The maximum Gasteiger partial charge on any atom is 0.264 e. The Morgan fingerprint density at radius 3 is 2.14 bits per heavy atom. The summed E-state index contributed by atoms with van der Waals surface area (Å²) in [5, 5.41) is 11.3. The lowest BCUT2D eigenvalue weighted by atomic mass is 9.88. The van der Waals surface area contributed by atoms with Gasteiger partial charge in [0.2, 0.25) is 0 Å². The lowest BCUT2D eigenvalue weighted by Crippen LogP contribution is -2.44. The van der Waals surface area contributed by atoms with Crippen LogP contribution in [-0.2, 0) is 10.4 Å². The van der Waals surface area contributed by atoms with Gasteiger partial charge in [-0.1, -0.05) is 72.8 Å². The number of fused-ring (bicyclic) bond motifs is 1. The van der Waals surface area contributed by atoms with Gasteiger partial charge >= 0.3 is 0 Å². The third kappa shape index (κ3) is 3.26. The largest absolute Gasteiger partial charge is 0.375 e. The van der Waals surface area contributed by atoms with Gasteiger partial charge in [0.05, 0.1) is 12.1 Å². The number of anilines is 1. The van der Waals surface area contributed by atoms with E-state index >= 15 is 0 Å². The number of carbonyl (C=O) groups is 2. The quantitative estimate of drug-likeness (QED) is 0.655. The first-order chi connectivity index (χ1) is 13.9. The smallest absolute Gasteiger partial charge is 0.264 e. The molecule has 1 aliphatic heterocycles. The van der Waals surface area contributed by atoms with Crippen molar-refractivity contribution < 1.29 is 14.7 Å². The Morgan fingerprint density at radius 2 is 1.48 bits per heavy atom. The molecule has 146 valence electrons. The molecule has 0 radical (unpaired) electrons. The number of para-hydroxylation sites is 1. The maximum atomic E-state index is 13.1. The molecular formula is C25H23NO3. The van der Waals surface area contributed by atoms with Gasteiger partial charge in [0, 0.05) is 17.2 Å². The van der Waals surface area contributed by atoms with Crippen LogP contribution in [0.15, 0.2) is 78.9 Å². The van der Waals surface area contributed by atoms with Crippen molar-refractivity contribution in [2.24, 2.45) is 0 Å². The van der Waals surface area contributed by atoms with Gasteiger partial charge in [-0.25, -0.2) is 0 Å². The Kier molecular flexibility index (Phi) is 4.81. The Hall–Kier alpha value is -3.24. The second-order valence-electron chi connectivity index (χ2n) is 7.69. The van der Waals surface area contributed by atoms with Gasteiger partial charge in [-0.05, 0) is 31.0 Å². The third-order valence-electron chi connectivity index (χ3n) is 5.43. The predicted octanol–water partition coefficient (Wildman–Crippen LogP) is 4.57. The average molecular weight is 385 g/mol. The van der Waals surface area contributed by atoms with Gasteiger partial charge in [0.15, 0.2) is 11.4 Å². The molecule has 0 bridgehead atoms. The summed E-state index contributed by atoms with van der Waals surface area (Å²) in [5.74, 6) is -0.705. The molecule has 4 rings (SSSR count). The summed E-state index contributed by atoms with van der Waals surface area (Å²) in [6.45, 7) is 3.79. The molecule has 0 saturated heterocycles. The summed E-state index contributed by atoms with van der Waals surface area (Å²) >= 11 is 0. The number of hydrogen-bond donors (Lipinski definition) is 1. The normalized spacial score (nSPS) is 18.2. The van der Waals surface area contributed by atoms with E-state index in [0.717, 1.165) is 11.1 Å². The van der Waals surface area contributed by atoms with Gasteiger partial charge in [-0.3, -0.25) is 9.59 Å². The number of nitrogens with zero attached hydrogens (tertiary/aromatic N) is 1. The molecule has 0 aliphatic carbocycles. The molecule has 29 heavy (non-hydrogen) atoms. The van der Waals surface area contributed by atoms with E-state index in [2.05, 4.69) is 0 Å². The van der Waals surface area contributed by atoms with Crippen LogP contribution in [0.1, 0.15) is 36.2 Å². The van der Waals surface area contributed by atoms with Crippen LogP contribution in [0.3, 0.4) is 0 Å². The number of benzene rings is 3. The van der Waals surface area contributed by atoms with Crippen LogP contribution in [0.4, 0.5) is 5.69 Å². The van der Waals surface area contributed by atoms with Crippen LogP contribution >= 0.6 is 0 Å². The average Bonchev–Trinajstić information content (AvgIpc) is 2.96. The number of carbonyl (C=O) groups excluding carboxylic acids is 2. The molecule has 3 aromatic rings. The highest BCUT2D eigenvalue weighted by molar-refractivity contribution is 6.11. The first-order valence-electron chi connectivity index (χ1n) is 9.76. The fourth-order valence-electron chi connectivity index (χ4n) is 3.95. The molecule has 1 N–H and O–H groups in total. The van der Waals surface area contributed by atoms with E-state index < -0.39 is 11.5 Å². The van der Waals surface area contributed by atoms with Crippen molar-refractivity contribution in [2.45, 2.75) is 31.9 Å². The van der Waals surface area contributed by atoms with Crippen LogP contribution < -0.4 is 4.90 Å². The molecule has 1 aliphatic rings. The molecule has 1 unspecified atom stereocenters. The number of hydrogen-bond acceptors (Lipinski definition) is 3. The Bertz CT molecular complexity index is 1060. The van der Waals surface area contributed by atoms with E-state index in [1.165, 1.54) is 0 Å². The molecule has 4 nitrogen and oxygen atoms in total. The number of Topliss-reactive ketones (excluding diaryl/α,β-unsaturated/α-hetero) is 1. The van der Waals surface area contributed by atoms with Crippen molar-refractivity contribution in [3.05, 3.63) is 90.0 Å². The summed E-state index contributed by atoms with van der Waals surface area (Å²) in [7, 11) is 0. The Morgan fingerprint density at radius 1 is 0.897 bits per heavy atom. The number of rotatable bonds is 5. The topological polar surface area (TPSA) is 57.6 Å². The second-order valence-corrected chi connectivity index (χ2v) is 7.69. The predicted molar refractivity (Wildman–Crippen MR) is 114 cm³/mol. The number of aliphatic hydroxyl groups is 1. The van der Waals surface area contributed by atoms with E-state index in [9.17, 15) is 14.7 Å². The van der Waals surface area contributed by atoms with Crippen LogP contribution in [0.25, 0.3) is 11.1 Å². The molecule has 4 heteroatoms. The highest BCUT2D eigenvalue weighted by Crippen LogP contribution is 2.43. The summed E-state index contributed by atoms with van der Waals surface area (Å²) in [6, 6.07) is 24.2. The summed E-state index contributed by atoms with van der Waals surface area (Å²) in [5.41, 5.74) is 1.88. The van der Waals surface area contributed by atoms with E-state index in [4.69, 9.17) is 0 Å². The van der Waals surface area contributed by atoms with Gasteiger partial charge in [0.25, 0.3) is 5.91 Å². The van der Waals surface area contributed by atoms with Crippen LogP contribution in [0.5, 0.6) is 0 Å². The molecule has 1 heterocycles. The maximum absolute atomic E-state index is 13.1. The zero-order valence-electron chi connectivity index (χ0n) is 16.5. The zero-order valence-corrected chi connectivity index (χ0v) is 16.5. The number of ketones is 1. The fourth-order valence-corrected chi connectivity index (χ4v) is 3.95. The van der Waals surface area contributed by atoms with Gasteiger partial charge < -0.3 is 10.0 Å². The minimum atomic E-state index is -1.84. The molecule has 0 aromatic heterocycles. The summed E-state index contributed by atoms with van der Waals surface area (Å²) in [4.78, 5) is 27.6. The van der Waals surface area contributed by atoms with Crippen LogP contribution in [0, 0.1) is 0 Å². The van der Waals surface area contributed by atoms with E-state index in [1.54, 1.807) is 29.2 Å². The molecule has 0 fully saturated rings. The first-order valence-corrected chi connectivity index (χ1v) is 9.76. The van der Waals surface area contributed by atoms with Gasteiger partial charge in [-0.15, -0.1) is 0 Å². The summed E-state index contributed by atoms with van der Waals surface area (Å²) in [6.07, 6.45) is -0.281. The zero-order chi connectivity index (χ0) is 20.6. The molecule has 1 atom stereocenters. The van der Waals surface area contributed by atoms with Crippen molar-refractivity contribution in [3.8, 4) is 11.1 Å². The Balaban J connectivity index is 1.62. The minimum Gasteiger partial charge on any atom is -0.375 e. The highest BCUT2D eigenvalue weighted by Gasteiger charge is 2.51. The standard InChI is InChI=1S/C25H23NO3/c1-17(2)26-22-11-7-6-10-21(22)25(29,24(26)28)16-23(27)20-14-12-19(13-15-20)18-8-4-3-5-9-18/h3-15,17,29H,16H2,1-2H3. The minimum absolute atomic E-state index is 0.113. The molecule has 3 aromatic carbocycles. The molecule has 1 amide bonds. The molecule has 0 spiro atoms. The van der Waals surface area contributed by atoms with E-state index in [0.29, 0.717) is 16.8 Å². The Labute approximate surface area is 170 Å². The van der Waals surface area contributed by atoms with E-state index in [1.807, 2.05) is 68.4 Å². The van der Waals surface area contributed by atoms with Crippen molar-refractivity contribution >= 4 is 17.4 Å².